The van der Waals surface area contributed by atoms with E-state index in [1.54, 1.807) is 12.1 Å². The van der Waals surface area contributed by atoms with E-state index in [9.17, 15) is 4.39 Å². The van der Waals surface area contributed by atoms with Gasteiger partial charge in [-0.25, -0.2) is 14.4 Å². The molecule has 1 heterocycles. The second kappa shape index (κ2) is 5.67. The fraction of sp³-hybridized carbons (Fsp3) is 0.167. The Labute approximate surface area is 117 Å². The van der Waals surface area contributed by atoms with Crippen LogP contribution >= 0.6 is 27.7 Å². The summed E-state index contributed by atoms with van der Waals surface area (Å²) < 4.78 is 13.7. The standard InChI is InChI=1S/C12H11BrFN3S/c1-7-4-11(15)17-12(16-7)18-6-8-2-3-9(14)5-10(8)13/h2-5H,6H2,1H3,(H2,15,16,17). The molecule has 0 unspecified atom stereocenters. The van der Waals surface area contributed by atoms with Crippen LogP contribution in [0, 0.1) is 12.7 Å². The molecule has 0 radical (unpaired) electrons. The van der Waals surface area contributed by atoms with E-state index in [0.29, 0.717) is 16.7 Å². The number of benzene rings is 1. The lowest BCUT2D eigenvalue weighted by Crippen LogP contribution is -1.97. The zero-order valence-corrected chi connectivity index (χ0v) is 12.1. The molecule has 94 valence electrons. The lowest BCUT2D eigenvalue weighted by atomic mass is 10.2. The number of thioether (sulfide) groups is 1. The number of aryl methyl sites for hydroxylation is 1. The quantitative estimate of drug-likeness (QED) is 0.691. The second-order valence-electron chi connectivity index (χ2n) is 3.74. The van der Waals surface area contributed by atoms with Gasteiger partial charge >= 0.3 is 0 Å². The first-order valence-electron chi connectivity index (χ1n) is 5.22. The highest BCUT2D eigenvalue weighted by molar-refractivity contribution is 9.10. The maximum Gasteiger partial charge on any atom is 0.190 e. The molecule has 0 amide bonds. The average molecular weight is 328 g/mol. The smallest absolute Gasteiger partial charge is 0.190 e. The third kappa shape index (κ3) is 3.43. The maximum atomic E-state index is 12.9. The number of nitrogens with two attached hydrogens (primary N) is 1. The summed E-state index contributed by atoms with van der Waals surface area (Å²) in [7, 11) is 0. The Morgan fingerprint density at radius 2 is 2.11 bits per heavy atom. The molecular formula is C12H11BrFN3S. The predicted molar refractivity (Wildman–Crippen MR) is 74.8 cm³/mol. The molecule has 0 saturated carbocycles. The maximum absolute atomic E-state index is 12.9. The Morgan fingerprint density at radius 3 is 2.78 bits per heavy atom. The van der Waals surface area contributed by atoms with Gasteiger partial charge in [0.2, 0.25) is 0 Å². The van der Waals surface area contributed by atoms with Crippen molar-refractivity contribution in [3.63, 3.8) is 0 Å². The van der Waals surface area contributed by atoms with Gasteiger partial charge < -0.3 is 5.73 Å². The Kier molecular flexibility index (Phi) is 4.19. The summed E-state index contributed by atoms with van der Waals surface area (Å²) in [5.41, 5.74) is 7.48. The molecule has 3 nitrogen and oxygen atoms in total. The van der Waals surface area contributed by atoms with E-state index in [-0.39, 0.29) is 5.82 Å². The topological polar surface area (TPSA) is 51.8 Å². The van der Waals surface area contributed by atoms with Crippen molar-refractivity contribution in [3.05, 3.63) is 45.8 Å². The Balaban J connectivity index is 2.11. The van der Waals surface area contributed by atoms with Gasteiger partial charge in [-0.05, 0) is 24.6 Å². The van der Waals surface area contributed by atoms with Crippen molar-refractivity contribution in [2.45, 2.75) is 17.8 Å². The lowest BCUT2D eigenvalue weighted by molar-refractivity contribution is 0.626. The molecule has 0 aliphatic heterocycles. The highest BCUT2D eigenvalue weighted by Gasteiger charge is 2.05. The van der Waals surface area contributed by atoms with Crippen molar-refractivity contribution in [2.75, 3.05) is 5.73 Å². The minimum Gasteiger partial charge on any atom is -0.384 e. The molecule has 0 bridgehead atoms. The van der Waals surface area contributed by atoms with Crippen LogP contribution in [0.25, 0.3) is 0 Å². The number of hydrogen-bond acceptors (Lipinski definition) is 4. The lowest BCUT2D eigenvalue weighted by Gasteiger charge is -2.05. The first-order valence-corrected chi connectivity index (χ1v) is 7.00. The first-order chi connectivity index (χ1) is 8.54. The van der Waals surface area contributed by atoms with Crippen LogP contribution in [0.4, 0.5) is 10.2 Å². The number of rotatable bonds is 3. The van der Waals surface area contributed by atoms with E-state index in [1.807, 2.05) is 6.92 Å². The first kappa shape index (κ1) is 13.3. The van der Waals surface area contributed by atoms with Gasteiger partial charge in [0.1, 0.15) is 11.6 Å². The van der Waals surface area contributed by atoms with Gasteiger partial charge in [-0.2, -0.15) is 0 Å². The zero-order chi connectivity index (χ0) is 13.1. The van der Waals surface area contributed by atoms with Crippen LogP contribution in [0.1, 0.15) is 11.3 Å². The van der Waals surface area contributed by atoms with Crippen molar-refractivity contribution in [3.8, 4) is 0 Å². The number of halogens is 2. The number of nitrogen functional groups attached to an aromatic ring is 1. The van der Waals surface area contributed by atoms with Crippen molar-refractivity contribution in [1.82, 2.24) is 9.97 Å². The van der Waals surface area contributed by atoms with E-state index in [4.69, 9.17) is 5.73 Å². The van der Waals surface area contributed by atoms with Crippen molar-refractivity contribution >= 4 is 33.5 Å². The summed E-state index contributed by atoms with van der Waals surface area (Å²) in [6.07, 6.45) is 0. The molecule has 0 fully saturated rings. The van der Waals surface area contributed by atoms with Gasteiger partial charge in [0.15, 0.2) is 5.16 Å². The van der Waals surface area contributed by atoms with Crippen LogP contribution in [0.2, 0.25) is 0 Å². The normalized spacial score (nSPS) is 10.6. The molecule has 1 aromatic heterocycles. The average Bonchev–Trinajstić information content (AvgIpc) is 2.26. The highest BCUT2D eigenvalue weighted by atomic mass is 79.9. The van der Waals surface area contributed by atoms with Gasteiger partial charge in [-0.1, -0.05) is 33.8 Å². The fourth-order valence-corrected chi connectivity index (χ4v) is 3.00. The van der Waals surface area contributed by atoms with Crippen LogP contribution in [0.3, 0.4) is 0 Å². The van der Waals surface area contributed by atoms with E-state index >= 15 is 0 Å². The molecule has 1 aromatic carbocycles. The molecule has 2 rings (SSSR count). The number of hydrogen-bond donors (Lipinski definition) is 1. The third-order valence-electron chi connectivity index (χ3n) is 2.23. The summed E-state index contributed by atoms with van der Waals surface area (Å²) in [6.45, 7) is 1.87. The SMILES string of the molecule is Cc1cc(N)nc(SCc2ccc(F)cc2Br)n1. The van der Waals surface area contributed by atoms with E-state index in [2.05, 4.69) is 25.9 Å². The van der Waals surface area contributed by atoms with Crippen molar-refractivity contribution in [1.29, 1.82) is 0 Å². The molecule has 6 heteroatoms. The molecule has 2 N–H and O–H groups in total. The van der Waals surface area contributed by atoms with Crippen molar-refractivity contribution < 1.29 is 4.39 Å². The molecule has 2 aromatic rings. The van der Waals surface area contributed by atoms with Gasteiger partial charge in [0, 0.05) is 22.0 Å². The van der Waals surface area contributed by atoms with Crippen LogP contribution in [-0.4, -0.2) is 9.97 Å². The number of anilines is 1. The Bertz CT molecular complexity index is 557. The minimum absolute atomic E-state index is 0.258. The summed E-state index contributed by atoms with van der Waals surface area (Å²) in [6, 6.07) is 6.34. The highest BCUT2D eigenvalue weighted by Crippen LogP contribution is 2.26. The van der Waals surface area contributed by atoms with Crippen LogP contribution < -0.4 is 5.73 Å². The third-order valence-corrected chi connectivity index (χ3v) is 3.86. The summed E-state index contributed by atoms with van der Waals surface area (Å²) >= 11 is 4.80. The summed E-state index contributed by atoms with van der Waals surface area (Å²) in [5, 5.41) is 0.628. The number of aromatic nitrogens is 2. The van der Waals surface area contributed by atoms with E-state index in [0.717, 1.165) is 15.7 Å². The molecule has 0 aliphatic rings. The van der Waals surface area contributed by atoms with E-state index < -0.39 is 0 Å². The summed E-state index contributed by atoms with van der Waals surface area (Å²) in [4.78, 5) is 8.42. The fourth-order valence-electron chi connectivity index (χ4n) is 1.41. The van der Waals surface area contributed by atoms with Gasteiger partial charge in [0.25, 0.3) is 0 Å². The van der Waals surface area contributed by atoms with Crippen LogP contribution in [-0.2, 0) is 5.75 Å². The molecule has 0 spiro atoms. The van der Waals surface area contributed by atoms with Gasteiger partial charge in [-0.3, -0.25) is 0 Å². The monoisotopic (exact) mass is 327 g/mol. The van der Waals surface area contributed by atoms with Crippen LogP contribution in [0.15, 0.2) is 33.9 Å². The Morgan fingerprint density at radius 1 is 1.33 bits per heavy atom. The van der Waals surface area contributed by atoms with Crippen molar-refractivity contribution in [2.24, 2.45) is 0 Å². The Hall–Kier alpha value is -1.14. The van der Waals surface area contributed by atoms with E-state index in [1.165, 1.54) is 23.9 Å². The van der Waals surface area contributed by atoms with Gasteiger partial charge in [-0.15, -0.1) is 0 Å². The molecular weight excluding hydrogens is 317 g/mol. The largest absolute Gasteiger partial charge is 0.384 e. The molecule has 0 atom stereocenters. The summed E-state index contributed by atoms with van der Waals surface area (Å²) in [5.74, 6) is 0.860. The number of nitrogens with zero attached hydrogens (tertiary/aromatic N) is 2. The van der Waals surface area contributed by atoms with Gasteiger partial charge in [0.05, 0.1) is 0 Å². The zero-order valence-electron chi connectivity index (χ0n) is 9.65. The minimum atomic E-state index is -0.258. The molecule has 0 saturated heterocycles. The second-order valence-corrected chi connectivity index (χ2v) is 5.54. The predicted octanol–water partition coefficient (Wildman–Crippen LogP) is 3.56. The molecule has 0 aliphatic carbocycles. The van der Waals surface area contributed by atoms with Crippen LogP contribution in [0.5, 0.6) is 0 Å². The molecule has 18 heavy (non-hydrogen) atoms.